The molecule has 140 valence electrons. The van der Waals surface area contributed by atoms with Crippen molar-refractivity contribution in [2.45, 2.75) is 12.8 Å². The Labute approximate surface area is 163 Å². The molecule has 1 aliphatic rings. The molecule has 26 heavy (non-hydrogen) atoms. The quantitative estimate of drug-likeness (QED) is 0.603. The summed E-state index contributed by atoms with van der Waals surface area (Å²) < 4.78 is 11.2. The summed E-state index contributed by atoms with van der Waals surface area (Å²) in [5, 5.41) is 6.13. The van der Waals surface area contributed by atoms with Crippen LogP contribution in [0.25, 0.3) is 0 Å². The molecule has 5 nitrogen and oxygen atoms in total. The fourth-order valence-electron chi connectivity index (χ4n) is 2.85. The fourth-order valence-corrected chi connectivity index (χ4v) is 3.84. The summed E-state index contributed by atoms with van der Waals surface area (Å²) in [6.07, 6.45) is 1.85. The van der Waals surface area contributed by atoms with Gasteiger partial charge in [-0.1, -0.05) is 17.7 Å². The summed E-state index contributed by atoms with van der Waals surface area (Å²) in [7, 11) is 3.87. The minimum atomic E-state index is 0.543. The van der Waals surface area contributed by atoms with Crippen LogP contribution >= 0.6 is 22.9 Å². The topological polar surface area (TPSA) is 46.1 Å². The average molecular weight is 394 g/mol. The van der Waals surface area contributed by atoms with Crippen molar-refractivity contribution in [3.8, 4) is 11.5 Å². The van der Waals surface area contributed by atoms with Gasteiger partial charge < -0.3 is 19.7 Å². The van der Waals surface area contributed by atoms with E-state index in [0.29, 0.717) is 24.0 Å². The minimum Gasteiger partial charge on any atom is -0.486 e. The Morgan fingerprint density at radius 2 is 2.15 bits per heavy atom. The molecule has 3 rings (SSSR count). The van der Waals surface area contributed by atoms with E-state index < -0.39 is 0 Å². The summed E-state index contributed by atoms with van der Waals surface area (Å²) in [4.78, 5) is 7.91. The number of nitrogens with one attached hydrogen (secondary N) is 1. The Bertz CT molecular complexity index is 749. The largest absolute Gasteiger partial charge is 0.486 e. The Balaban J connectivity index is 1.50. The van der Waals surface area contributed by atoms with Crippen LogP contribution in [-0.2, 0) is 12.8 Å². The van der Waals surface area contributed by atoms with Gasteiger partial charge in [-0.05, 0) is 42.0 Å². The van der Waals surface area contributed by atoms with Gasteiger partial charge in [0.15, 0.2) is 17.5 Å². The summed E-state index contributed by atoms with van der Waals surface area (Å²) in [5.74, 6) is 2.28. The zero-order valence-corrected chi connectivity index (χ0v) is 16.7. The summed E-state index contributed by atoms with van der Waals surface area (Å²) in [6.45, 7) is 2.80. The number of hydrogen-bond donors (Lipinski definition) is 1. The first-order chi connectivity index (χ1) is 12.7. The molecule has 0 saturated carbocycles. The predicted octanol–water partition coefficient (Wildman–Crippen LogP) is 3.47. The first-order valence-corrected chi connectivity index (χ1v) is 9.95. The third kappa shape index (κ3) is 4.83. The lowest BCUT2D eigenvalue weighted by Gasteiger charge is -2.22. The number of thiophene rings is 1. The van der Waals surface area contributed by atoms with Gasteiger partial charge in [0.2, 0.25) is 0 Å². The van der Waals surface area contributed by atoms with E-state index in [1.165, 1.54) is 4.88 Å². The molecule has 1 aromatic heterocycles. The number of halogens is 1. The van der Waals surface area contributed by atoms with Crippen molar-refractivity contribution in [1.29, 1.82) is 0 Å². The number of aliphatic imine (C=N–C) groups is 1. The van der Waals surface area contributed by atoms with Gasteiger partial charge in [0.05, 0.1) is 5.02 Å². The maximum Gasteiger partial charge on any atom is 0.193 e. The second-order valence-electron chi connectivity index (χ2n) is 6.08. The maximum atomic E-state index is 6.30. The smallest absolute Gasteiger partial charge is 0.193 e. The first kappa shape index (κ1) is 18.9. The molecule has 0 fully saturated rings. The van der Waals surface area contributed by atoms with Gasteiger partial charge in [0, 0.05) is 32.1 Å². The van der Waals surface area contributed by atoms with Crippen LogP contribution in [-0.4, -0.2) is 51.3 Å². The Morgan fingerprint density at radius 3 is 2.92 bits per heavy atom. The highest BCUT2D eigenvalue weighted by Crippen LogP contribution is 2.38. The number of ether oxygens (including phenoxy) is 2. The highest BCUT2D eigenvalue weighted by atomic mass is 35.5. The molecule has 0 amide bonds. The van der Waals surface area contributed by atoms with E-state index in [0.717, 1.165) is 43.2 Å². The number of benzene rings is 1. The molecule has 0 aliphatic carbocycles. The minimum absolute atomic E-state index is 0.543. The molecule has 1 aromatic carbocycles. The van der Waals surface area contributed by atoms with Crippen LogP contribution in [0.4, 0.5) is 0 Å². The second-order valence-corrected chi connectivity index (χ2v) is 7.52. The fraction of sp³-hybridized carbons (Fsp3) is 0.421. The molecular weight excluding hydrogens is 370 g/mol. The first-order valence-electron chi connectivity index (χ1n) is 8.69. The van der Waals surface area contributed by atoms with Crippen molar-refractivity contribution in [2.75, 3.05) is 40.4 Å². The molecule has 1 aliphatic heterocycles. The molecule has 2 heterocycles. The van der Waals surface area contributed by atoms with Gasteiger partial charge in [0.25, 0.3) is 0 Å². The lowest BCUT2D eigenvalue weighted by Crippen LogP contribution is -2.40. The van der Waals surface area contributed by atoms with Crippen LogP contribution < -0.4 is 14.8 Å². The van der Waals surface area contributed by atoms with E-state index in [1.807, 2.05) is 19.2 Å². The van der Waals surface area contributed by atoms with E-state index in [9.17, 15) is 0 Å². The monoisotopic (exact) mass is 393 g/mol. The van der Waals surface area contributed by atoms with Crippen molar-refractivity contribution < 1.29 is 9.47 Å². The number of guanidine groups is 1. The van der Waals surface area contributed by atoms with E-state index in [2.05, 4.69) is 39.8 Å². The molecular formula is C19H24ClN3O2S. The lowest BCUT2D eigenvalue weighted by molar-refractivity contribution is 0.171. The van der Waals surface area contributed by atoms with Crippen LogP contribution in [0.2, 0.25) is 5.02 Å². The summed E-state index contributed by atoms with van der Waals surface area (Å²) in [6, 6.07) is 8.21. The molecule has 7 heteroatoms. The van der Waals surface area contributed by atoms with Gasteiger partial charge in [-0.15, -0.1) is 11.3 Å². The summed E-state index contributed by atoms with van der Waals surface area (Å²) in [5.41, 5.74) is 1.11. The molecule has 0 unspecified atom stereocenters. The molecule has 1 N–H and O–H groups in total. The highest BCUT2D eigenvalue weighted by Gasteiger charge is 2.16. The zero-order valence-electron chi connectivity index (χ0n) is 15.1. The predicted molar refractivity (Wildman–Crippen MR) is 108 cm³/mol. The van der Waals surface area contributed by atoms with E-state index in [4.69, 9.17) is 21.1 Å². The second kappa shape index (κ2) is 9.14. The van der Waals surface area contributed by atoms with Crippen molar-refractivity contribution >= 4 is 28.9 Å². The van der Waals surface area contributed by atoms with Gasteiger partial charge >= 0.3 is 0 Å². The zero-order chi connectivity index (χ0) is 18.4. The van der Waals surface area contributed by atoms with E-state index >= 15 is 0 Å². The normalized spacial score (nSPS) is 13.6. The SMILES string of the molecule is CN=C(NCCc1cc(Cl)c2c(c1)OCCO2)N(C)CCc1cccs1. The Hall–Kier alpha value is -1.92. The molecule has 0 atom stereocenters. The average Bonchev–Trinajstić information content (AvgIpc) is 3.17. The van der Waals surface area contributed by atoms with Crippen LogP contribution in [0, 0.1) is 0 Å². The van der Waals surface area contributed by atoms with Crippen LogP contribution in [0.3, 0.4) is 0 Å². The van der Waals surface area contributed by atoms with Crippen LogP contribution in [0.5, 0.6) is 11.5 Å². The number of rotatable bonds is 6. The van der Waals surface area contributed by atoms with Crippen molar-refractivity contribution in [2.24, 2.45) is 4.99 Å². The summed E-state index contributed by atoms with van der Waals surface area (Å²) >= 11 is 8.09. The van der Waals surface area contributed by atoms with Gasteiger partial charge in [0.1, 0.15) is 13.2 Å². The number of fused-ring (bicyclic) bond motifs is 1. The van der Waals surface area contributed by atoms with Crippen LogP contribution in [0.1, 0.15) is 10.4 Å². The Morgan fingerprint density at radius 1 is 1.31 bits per heavy atom. The highest BCUT2D eigenvalue weighted by molar-refractivity contribution is 7.09. The number of likely N-dealkylation sites (N-methyl/N-ethyl adjacent to an activating group) is 1. The van der Waals surface area contributed by atoms with Gasteiger partial charge in [-0.25, -0.2) is 0 Å². The molecule has 0 saturated heterocycles. The standard InChI is InChI=1S/C19H24ClN3O2S/c1-21-19(23(2)8-6-15-4-3-11-26-15)22-7-5-14-12-16(20)18-17(13-14)24-9-10-25-18/h3-4,11-13H,5-10H2,1-2H3,(H,21,22). The van der Waals surface area contributed by atoms with Crippen molar-refractivity contribution in [3.05, 3.63) is 45.1 Å². The molecule has 0 radical (unpaired) electrons. The van der Waals surface area contributed by atoms with Gasteiger partial charge in [-0.3, -0.25) is 4.99 Å². The van der Waals surface area contributed by atoms with E-state index in [1.54, 1.807) is 11.3 Å². The lowest BCUT2D eigenvalue weighted by atomic mass is 10.1. The number of hydrogen-bond acceptors (Lipinski definition) is 4. The maximum absolute atomic E-state index is 6.30. The Kier molecular flexibility index (Phi) is 6.63. The van der Waals surface area contributed by atoms with Gasteiger partial charge in [-0.2, -0.15) is 0 Å². The molecule has 2 aromatic rings. The third-order valence-corrected chi connectivity index (χ3v) is 5.42. The molecule has 0 bridgehead atoms. The number of nitrogens with zero attached hydrogens (tertiary/aromatic N) is 2. The van der Waals surface area contributed by atoms with Crippen molar-refractivity contribution in [3.63, 3.8) is 0 Å². The third-order valence-electron chi connectivity index (χ3n) is 4.20. The van der Waals surface area contributed by atoms with Crippen LogP contribution in [0.15, 0.2) is 34.6 Å². The molecule has 0 spiro atoms. The van der Waals surface area contributed by atoms with Crippen molar-refractivity contribution in [1.82, 2.24) is 10.2 Å². The van der Waals surface area contributed by atoms with E-state index in [-0.39, 0.29) is 0 Å².